The number of aliphatic carboxylic acids is 1. The molecule has 0 amide bonds. The smallest absolute Gasteiger partial charge is 0.169 e. The summed E-state index contributed by atoms with van der Waals surface area (Å²) >= 11 is 0. The molecule has 0 saturated carbocycles. The average Bonchev–Trinajstić information content (AvgIpc) is 2.77. The zero-order chi connectivity index (χ0) is 25.3. The van der Waals surface area contributed by atoms with E-state index in [1.54, 1.807) is 25.3 Å². The Morgan fingerprint density at radius 3 is 2.38 bits per heavy atom. The van der Waals surface area contributed by atoms with Gasteiger partial charge in [-0.15, -0.1) is 0 Å². The number of aliphatic hydroxyl groups excluding tert-OH is 2. The molecule has 0 saturated heterocycles. The van der Waals surface area contributed by atoms with Gasteiger partial charge in [0.2, 0.25) is 0 Å². The molecule has 2 aromatic rings. The predicted octanol–water partition coefficient (Wildman–Crippen LogP) is 2.92. The molecule has 34 heavy (non-hydrogen) atoms. The van der Waals surface area contributed by atoms with Crippen LogP contribution in [0.4, 0.5) is 4.39 Å². The van der Waals surface area contributed by atoms with Crippen LogP contribution in [0.1, 0.15) is 43.7 Å². The predicted molar refractivity (Wildman–Crippen MR) is 125 cm³/mol. The van der Waals surface area contributed by atoms with Gasteiger partial charge >= 0.3 is 0 Å². The summed E-state index contributed by atoms with van der Waals surface area (Å²) in [6.45, 7) is 4.61. The lowest BCUT2D eigenvalue weighted by molar-refractivity contribution is -0.307. The Kier molecular flexibility index (Phi) is 10.5. The first-order valence-corrected chi connectivity index (χ1v) is 11.0. The molecule has 2 aromatic carbocycles. The van der Waals surface area contributed by atoms with Gasteiger partial charge in [0.15, 0.2) is 11.5 Å². The molecule has 0 aromatic heterocycles. The number of ether oxygens (including phenoxy) is 3. The SMILES string of the molecule is COCCOc1c(OC)cc(C(C)C)c(/C=C/C(O)CC(O)CC(=O)[O-])c1-c1ccc(F)cc1. The summed E-state index contributed by atoms with van der Waals surface area (Å²) in [5.41, 5.74) is 2.95. The van der Waals surface area contributed by atoms with E-state index in [9.17, 15) is 24.5 Å². The summed E-state index contributed by atoms with van der Waals surface area (Å²) in [7, 11) is 3.10. The minimum absolute atomic E-state index is 0.0570. The Balaban J connectivity index is 2.64. The average molecular weight is 476 g/mol. The first-order valence-electron chi connectivity index (χ1n) is 11.0. The molecule has 0 aliphatic carbocycles. The van der Waals surface area contributed by atoms with Gasteiger partial charge in [-0.3, -0.25) is 0 Å². The maximum absolute atomic E-state index is 13.7. The quantitative estimate of drug-likeness (QED) is 0.429. The number of carbonyl (C=O) groups excluding carboxylic acids is 1. The van der Waals surface area contributed by atoms with E-state index in [2.05, 4.69) is 0 Å². The Labute approximate surface area is 199 Å². The molecule has 8 heteroatoms. The molecule has 0 heterocycles. The Hall–Kier alpha value is -2.94. The van der Waals surface area contributed by atoms with Crippen molar-refractivity contribution in [2.45, 2.75) is 44.8 Å². The van der Waals surface area contributed by atoms with Crippen LogP contribution < -0.4 is 14.6 Å². The maximum atomic E-state index is 13.7. The van der Waals surface area contributed by atoms with Crippen molar-refractivity contribution in [3.63, 3.8) is 0 Å². The van der Waals surface area contributed by atoms with Crippen LogP contribution >= 0.6 is 0 Å². The lowest BCUT2D eigenvalue weighted by Gasteiger charge is -2.23. The van der Waals surface area contributed by atoms with E-state index in [1.807, 2.05) is 19.9 Å². The second-order valence-corrected chi connectivity index (χ2v) is 8.18. The van der Waals surface area contributed by atoms with E-state index in [0.717, 1.165) is 11.1 Å². The van der Waals surface area contributed by atoms with Crippen LogP contribution in [0.5, 0.6) is 11.5 Å². The van der Waals surface area contributed by atoms with Crippen LogP contribution in [0, 0.1) is 5.82 Å². The van der Waals surface area contributed by atoms with E-state index >= 15 is 0 Å². The maximum Gasteiger partial charge on any atom is 0.169 e. The van der Waals surface area contributed by atoms with Gasteiger partial charge < -0.3 is 34.3 Å². The third-order valence-corrected chi connectivity index (χ3v) is 5.23. The molecule has 186 valence electrons. The van der Waals surface area contributed by atoms with Crippen LogP contribution in [0.2, 0.25) is 0 Å². The summed E-state index contributed by atoms with van der Waals surface area (Å²) in [5.74, 6) is -0.770. The number of hydrogen-bond donors (Lipinski definition) is 2. The van der Waals surface area contributed by atoms with Crippen molar-refractivity contribution >= 4 is 12.0 Å². The molecule has 2 unspecified atom stereocenters. The van der Waals surface area contributed by atoms with E-state index in [4.69, 9.17) is 14.2 Å². The summed E-state index contributed by atoms with van der Waals surface area (Å²) in [6, 6.07) is 7.82. The van der Waals surface area contributed by atoms with E-state index in [1.165, 1.54) is 25.3 Å². The summed E-state index contributed by atoms with van der Waals surface area (Å²) in [6.07, 6.45) is 0.111. The molecule has 0 spiro atoms. The van der Waals surface area contributed by atoms with Gasteiger partial charge in [-0.05, 0) is 40.8 Å². The van der Waals surface area contributed by atoms with E-state index in [-0.39, 0.29) is 24.8 Å². The number of carboxylic acid groups (broad SMARTS) is 1. The van der Waals surface area contributed by atoms with Gasteiger partial charge in [-0.1, -0.05) is 38.1 Å². The van der Waals surface area contributed by atoms with Crippen LogP contribution in [0.3, 0.4) is 0 Å². The number of aliphatic hydroxyl groups is 2. The van der Waals surface area contributed by atoms with Crippen LogP contribution in [0.15, 0.2) is 36.4 Å². The van der Waals surface area contributed by atoms with Crippen molar-refractivity contribution in [3.8, 4) is 22.6 Å². The highest BCUT2D eigenvalue weighted by Gasteiger charge is 2.22. The van der Waals surface area contributed by atoms with Crippen molar-refractivity contribution in [2.24, 2.45) is 0 Å². The van der Waals surface area contributed by atoms with Gasteiger partial charge in [0.1, 0.15) is 12.4 Å². The highest BCUT2D eigenvalue weighted by molar-refractivity contribution is 5.85. The van der Waals surface area contributed by atoms with Gasteiger partial charge in [-0.25, -0.2) is 4.39 Å². The fraction of sp³-hybridized carbons (Fsp3) is 0.423. The van der Waals surface area contributed by atoms with Crippen LogP contribution in [-0.4, -0.2) is 55.8 Å². The zero-order valence-corrected chi connectivity index (χ0v) is 19.9. The first kappa shape index (κ1) is 27.3. The van der Waals surface area contributed by atoms with Crippen molar-refractivity contribution in [1.82, 2.24) is 0 Å². The fourth-order valence-electron chi connectivity index (χ4n) is 3.60. The van der Waals surface area contributed by atoms with E-state index < -0.39 is 24.6 Å². The second-order valence-electron chi connectivity index (χ2n) is 8.18. The first-order chi connectivity index (χ1) is 16.2. The Bertz CT molecular complexity index is 970. The molecule has 0 radical (unpaired) electrons. The van der Waals surface area contributed by atoms with Gasteiger partial charge in [0, 0.05) is 31.5 Å². The fourth-order valence-corrected chi connectivity index (χ4v) is 3.60. The van der Waals surface area contributed by atoms with Crippen molar-refractivity contribution in [2.75, 3.05) is 27.4 Å². The normalized spacial score (nSPS) is 13.3. The summed E-state index contributed by atoms with van der Waals surface area (Å²) < 4.78 is 30.4. The molecule has 2 rings (SSSR count). The largest absolute Gasteiger partial charge is 0.550 e. The second kappa shape index (κ2) is 13.1. The number of hydrogen-bond acceptors (Lipinski definition) is 7. The number of halogens is 1. The summed E-state index contributed by atoms with van der Waals surface area (Å²) in [5, 5.41) is 30.9. The molecular weight excluding hydrogens is 443 g/mol. The number of methoxy groups -OCH3 is 2. The number of carboxylic acids is 1. The molecule has 7 nitrogen and oxygen atoms in total. The molecule has 0 bridgehead atoms. The lowest BCUT2D eigenvalue weighted by Crippen LogP contribution is -2.29. The highest BCUT2D eigenvalue weighted by Crippen LogP contribution is 2.45. The number of rotatable bonds is 13. The monoisotopic (exact) mass is 475 g/mol. The summed E-state index contributed by atoms with van der Waals surface area (Å²) in [4.78, 5) is 10.7. The van der Waals surface area contributed by atoms with Gasteiger partial charge in [0.05, 0.1) is 25.9 Å². The molecule has 0 aliphatic rings. The molecule has 2 N–H and O–H groups in total. The Morgan fingerprint density at radius 1 is 1.15 bits per heavy atom. The van der Waals surface area contributed by atoms with Crippen molar-refractivity contribution < 1.29 is 38.7 Å². The number of carbonyl (C=O) groups is 1. The Morgan fingerprint density at radius 2 is 1.82 bits per heavy atom. The highest BCUT2D eigenvalue weighted by atomic mass is 19.1. The minimum Gasteiger partial charge on any atom is -0.550 e. The van der Waals surface area contributed by atoms with Crippen LogP contribution in [-0.2, 0) is 9.53 Å². The number of benzene rings is 2. The molecular formula is C26H32FO7-. The molecule has 0 aliphatic heterocycles. The topological polar surface area (TPSA) is 108 Å². The minimum atomic E-state index is -1.39. The van der Waals surface area contributed by atoms with Crippen molar-refractivity contribution in [1.29, 1.82) is 0 Å². The van der Waals surface area contributed by atoms with Crippen molar-refractivity contribution in [3.05, 3.63) is 53.4 Å². The van der Waals surface area contributed by atoms with Crippen LogP contribution in [0.25, 0.3) is 17.2 Å². The van der Waals surface area contributed by atoms with Gasteiger partial charge in [0.25, 0.3) is 0 Å². The molecule has 0 fully saturated rings. The third kappa shape index (κ3) is 7.55. The zero-order valence-electron chi connectivity index (χ0n) is 19.9. The third-order valence-electron chi connectivity index (χ3n) is 5.23. The molecule has 2 atom stereocenters. The van der Waals surface area contributed by atoms with Gasteiger partial charge in [-0.2, -0.15) is 0 Å². The lowest BCUT2D eigenvalue weighted by atomic mass is 9.88. The standard InChI is InChI=1S/C26H33FO7/c1-16(2)22-15-23(33-4)26(34-12-11-32-3)25(17-5-7-18(27)8-6-17)21(22)10-9-19(28)13-20(29)14-24(30)31/h5-10,15-16,19-20,28-29H,11-14H2,1-4H3,(H,30,31)/p-1/b10-9+. The van der Waals surface area contributed by atoms with E-state index in [0.29, 0.717) is 29.2 Å².